The van der Waals surface area contributed by atoms with Gasteiger partial charge in [-0.05, 0) is 26.5 Å². The van der Waals surface area contributed by atoms with Gasteiger partial charge in [-0.25, -0.2) is 4.98 Å². The minimum absolute atomic E-state index is 0.0404. The Kier molecular flexibility index (Phi) is 5.72. The van der Waals surface area contributed by atoms with Gasteiger partial charge in [0.2, 0.25) is 5.91 Å². The summed E-state index contributed by atoms with van der Waals surface area (Å²) >= 11 is 0. The van der Waals surface area contributed by atoms with Crippen molar-refractivity contribution in [2.75, 3.05) is 13.6 Å². The minimum atomic E-state index is 0.0404. The van der Waals surface area contributed by atoms with Gasteiger partial charge in [0.1, 0.15) is 5.82 Å². The smallest absolute Gasteiger partial charge is 0.234 e. The van der Waals surface area contributed by atoms with Crippen LogP contribution in [0.4, 0.5) is 0 Å². The van der Waals surface area contributed by atoms with Gasteiger partial charge in [0, 0.05) is 25.0 Å². The maximum absolute atomic E-state index is 11.8. The van der Waals surface area contributed by atoms with Crippen molar-refractivity contribution in [2.45, 2.75) is 33.0 Å². The molecule has 0 aliphatic rings. The second-order valence-electron chi connectivity index (χ2n) is 5.85. The monoisotopic (exact) mass is 300 g/mol. The normalized spacial score (nSPS) is 11.1. The quantitative estimate of drug-likeness (QED) is 0.849. The van der Waals surface area contributed by atoms with Crippen LogP contribution in [-0.2, 0) is 17.9 Å². The van der Waals surface area contributed by atoms with E-state index < -0.39 is 0 Å². The van der Waals surface area contributed by atoms with Crippen molar-refractivity contribution in [1.29, 1.82) is 0 Å². The predicted molar refractivity (Wildman–Crippen MR) is 87.4 cm³/mol. The lowest BCUT2D eigenvalue weighted by molar-refractivity contribution is -0.122. The summed E-state index contributed by atoms with van der Waals surface area (Å²) in [6.07, 6.45) is 3.78. The van der Waals surface area contributed by atoms with Gasteiger partial charge in [-0.2, -0.15) is 0 Å². The molecule has 5 heteroatoms. The van der Waals surface area contributed by atoms with E-state index >= 15 is 0 Å². The molecule has 1 N–H and O–H groups in total. The van der Waals surface area contributed by atoms with E-state index in [0.717, 1.165) is 12.4 Å². The summed E-state index contributed by atoms with van der Waals surface area (Å²) in [7, 11) is 1.93. The van der Waals surface area contributed by atoms with E-state index in [1.165, 1.54) is 5.56 Å². The molecule has 0 saturated heterocycles. The lowest BCUT2D eigenvalue weighted by Crippen LogP contribution is -2.38. The van der Waals surface area contributed by atoms with Crippen LogP contribution < -0.4 is 5.32 Å². The third kappa shape index (κ3) is 5.00. The summed E-state index contributed by atoms with van der Waals surface area (Å²) in [6.45, 7) is 5.73. The second-order valence-corrected chi connectivity index (χ2v) is 5.85. The van der Waals surface area contributed by atoms with Crippen LogP contribution in [0.3, 0.4) is 0 Å². The highest BCUT2D eigenvalue weighted by atomic mass is 16.2. The Labute approximate surface area is 132 Å². The zero-order valence-corrected chi connectivity index (χ0v) is 13.5. The molecular weight excluding hydrogens is 276 g/mol. The SMILES string of the molecule is CC(C)NC(=O)CN(C)Cc1nccn1Cc1ccccc1. The molecule has 0 fully saturated rings. The number of hydrogen-bond donors (Lipinski definition) is 1. The number of carbonyl (C=O) groups is 1. The maximum Gasteiger partial charge on any atom is 0.234 e. The zero-order chi connectivity index (χ0) is 15.9. The van der Waals surface area contributed by atoms with Crippen molar-refractivity contribution in [3.63, 3.8) is 0 Å². The number of nitrogens with one attached hydrogen (secondary N) is 1. The molecule has 1 aromatic heterocycles. The van der Waals surface area contributed by atoms with E-state index in [1.54, 1.807) is 6.20 Å². The topological polar surface area (TPSA) is 50.2 Å². The van der Waals surface area contributed by atoms with Crippen LogP contribution >= 0.6 is 0 Å². The molecule has 2 rings (SSSR count). The predicted octanol–water partition coefficient (Wildman–Crippen LogP) is 1.89. The van der Waals surface area contributed by atoms with E-state index in [2.05, 4.69) is 27.0 Å². The molecule has 0 aliphatic heterocycles. The number of carbonyl (C=O) groups excluding carboxylic acids is 1. The highest BCUT2D eigenvalue weighted by Crippen LogP contribution is 2.07. The maximum atomic E-state index is 11.8. The number of likely N-dealkylation sites (N-methyl/N-ethyl adjacent to an activating group) is 1. The molecule has 5 nitrogen and oxygen atoms in total. The average Bonchev–Trinajstić information content (AvgIpc) is 2.85. The molecule has 1 amide bonds. The van der Waals surface area contributed by atoms with Gasteiger partial charge in [-0.3, -0.25) is 9.69 Å². The fourth-order valence-corrected chi connectivity index (χ4v) is 2.33. The molecule has 0 bridgehead atoms. The molecule has 0 aliphatic carbocycles. The number of amides is 1. The Morgan fingerprint density at radius 1 is 1.32 bits per heavy atom. The van der Waals surface area contributed by atoms with Crippen LogP contribution in [-0.4, -0.2) is 40.0 Å². The molecule has 0 radical (unpaired) electrons. The van der Waals surface area contributed by atoms with Crippen LogP contribution in [0, 0.1) is 0 Å². The first kappa shape index (κ1) is 16.2. The first-order chi connectivity index (χ1) is 10.5. The third-order valence-electron chi connectivity index (χ3n) is 3.27. The first-order valence-electron chi connectivity index (χ1n) is 7.56. The van der Waals surface area contributed by atoms with Crippen molar-refractivity contribution in [1.82, 2.24) is 19.8 Å². The van der Waals surface area contributed by atoms with E-state index in [9.17, 15) is 4.79 Å². The van der Waals surface area contributed by atoms with Crippen LogP contribution in [0.15, 0.2) is 42.7 Å². The van der Waals surface area contributed by atoms with Crippen LogP contribution in [0.1, 0.15) is 25.2 Å². The van der Waals surface area contributed by atoms with Crippen molar-refractivity contribution >= 4 is 5.91 Å². The van der Waals surface area contributed by atoms with Gasteiger partial charge in [0.05, 0.1) is 13.1 Å². The Bertz CT molecular complexity index is 592. The van der Waals surface area contributed by atoms with Crippen molar-refractivity contribution < 1.29 is 4.79 Å². The largest absolute Gasteiger partial charge is 0.353 e. The summed E-state index contributed by atoms with van der Waals surface area (Å²) < 4.78 is 2.12. The standard InChI is InChI=1S/C17H24N4O/c1-14(2)19-17(22)13-20(3)12-16-18-9-10-21(16)11-15-7-5-4-6-8-15/h4-10,14H,11-13H2,1-3H3,(H,19,22). The summed E-state index contributed by atoms with van der Waals surface area (Å²) in [5.41, 5.74) is 1.24. The minimum Gasteiger partial charge on any atom is -0.353 e. The van der Waals surface area contributed by atoms with Gasteiger partial charge in [-0.1, -0.05) is 30.3 Å². The highest BCUT2D eigenvalue weighted by molar-refractivity contribution is 5.78. The molecule has 0 saturated carbocycles. The summed E-state index contributed by atoms with van der Waals surface area (Å²) in [6, 6.07) is 10.5. The molecule has 0 unspecified atom stereocenters. The Hall–Kier alpha value is -2.14. The summed E-state index contributed by atoms with van der Waals surface area (Å²) in [5, 5.41) is 2.90. The van der Waals surface area contributed by atoms with Crippen LogP contribution in [0.2, 0.25) is 0 Å². The highest BCUT2D eigenvalue weighted by Gasteiger charge is 2.11. The number of benzene rings is 1. The van der Waals surface area contributed by atoms with E-state index in [4.69, 9.17) is 0 Å². The second kappa shape index (κ2) is 7.75. The van der Waals surface area contributed by atoms with Crippen molar-refractivity contribution in [2.24, 2.45) is 0 Å². The van der Waals surface area contributed by atoms with E-state index in [0.29, 0.717) is 13.1 Å². The van der Waals surface area contributed by atoms with Crippen LogP contribution in [0.25, 0.3) is 0 Å². The van der Waals surface area contributed by atoms with E-state index in [1.807, 2.05) is 50.2 Å². The number of hydrogen-bond acceptors (Lipinski definition) is 3. The molecule has 0 spiro atoms. The molecule has 1 heterocycles. The number of rotatable bonds is 7. The molecule has 1 aromatic carbocycles. The lowest BCUT2D eigenvalue weighted by Gasteiger charge is -2.18. The molecule has 118 valence electrons. The molecular formula is C17H24N4O. The molecule has 0 atom stereocenters. The lowest BCUT2D eigenvalue weighted by atomic mass is 10.2. The number of imidazole rings is 1. The Morgan fingerprint density at radius 2 is 2.05 bits per heavy atom. The Balaban J connectivity index is 1.93. The molecule has 22 heavy (non-hydrogen) atoms. The number of aromatic nitrogens is 2. The van der Waals surface area contributed by atoms with Gasteiger partial charge in [0.15, 0.2) is 0 Å². The van der Waals surface area contributed by atoms with Gasteiger partial charge < -0.3 is 9.88 Å². The first-order valence-corrected chi connectivity index (χ1v) is 7.56. The van der Waals surface area contributed by atoms with Gasteiger partial charge in [0.25, 0.3) is 0 Å². The summed E-state index contributed by atoms with van der Waals surface area (Å²) in [4.78, 5) is 18.2. The fraction of sp³-hybridized carbons (Fsp3) is 0.412. The van der Waals surface area contributed by atoms with Crippen molar-refractivity contribution in [3.8, 4) is 0 Å². The van der Waals surface area contributed by atoms with Crippen molar-refractivity contribution in [3.05, 3.63) is 54.1 Å². The Morgan fingerprint density at radius 3 is 2.73 bits per heavy atom. The number of nitrogens with zero attached hydrogens (tertiary/aromatic N) is 3. The van der Waals surface area contributed by atoms with Gasteiger partial charge >= 0.3 is 0 Å². The average molecular weight is 300 g/mol. The van der Waals surface area contributed by atoms with Gasteiger partial charge in [-0.15, -0.1) is 0 Å². The molecule has 2 aromatic rings. The zero-order valence-electron chi connectivity index (χ0n) is 13.5. The summed E-state index contributed by atoms with van der Waals surface area (Å²) in [5.74, 6) is 1.00. The van der Waals surface area contributed by atoms with Crippen LogP contribution in [0.5, 0.6) is 0 Å². The van der Waals surface area contributed by atoms with E-state index in [-0.39, 0.29) is 11.9 Å². The fourth-order valence-electron chi connectivity index (χ4n) is 2.33. The third-order valence-corrected chi connectivity index (χ3v) is 3.27.